The van der Waals surface area contributed by atoms with E-state index < -0.39 is 6.55 Å². The van der Waals surface area contributed by atoms with Gasteiger partial charge in [0.15, 0.2) is 0 Å². The Morgan fingerprint density at radius 3 is 2.75 bits per heavy atom. The topological polar surface area (TPSA) is 62.6 Å². The maximum absolute atomic E-state index is 12.8. The molecule has 1 aromatic heterocycles. The highest BCUT2D eigenvalue weighted by Crippen LogP contribution is 2.16. The average molecular weight is 345 g/mol. The summed E-state index contributed by atoms with van der Waals surface area (Å²) in [4.78, 5) is 19.7. The van der Waals surface area contributed by atoms with E-state index in [1.54, 1.807) is 7.05 Å². The minimum atomic E-state index is -2.67. The second-order valence-corrected chi connectivity index (χ2v) is 6.46. The van der Waals surface area contributed by atoms with Crippen LogP contribution in [0.25, 0.3) is 0 Å². The maximum atomic E-state index is 12.8. The normalized spacial score (nSPS) is 16.4. The van der Waals surface area contributed by atoms with Crippen molar-refractivity contribution < 1.29 is 18.3 Å². The number of imidazole rings is 1. The van der Waals surface area contributed by atoms with Crippen LogP contribution in [-0.4, -0.2) is 70.8 Å². The number of ether oxygens (including phenoxy) is 1. The summed E-state index contributed by atoms with van der Waals surface area (Å²) in [5.74, 6) is 0.148. The average Bonchev–Trinajstić information content (AvgIpc) is 3.02. The molecule has 0 bridgehead atoms. The molecule has 7 nitrogen and oxygen atoms in total. The molecule has 0 atom stereocenters. The highest BCUT2D eigenvalue weighted by atomic mass is 19.3. The third-order valence-electron chi connectivity index (χ3n) is 4.22. The molecular weight excluding hydrogens is 320 g/mol. The van der Waals surface area contributed by atoms with Gasteiger partial charge in [0, 0.05) is 44.6 Å². The van der Waals surface area contributed by atoms with Gasteiger partial charge in [0.25, 0.3) is 0 Å². The summed E-state index contributed by atoms with van der Waals surface area (Å²) < 4.78 is 31.7. The predicted octanol–water partition coefficient (Wildman–Crippen LogP) is 1.53. The molecule has 0 saturated carbocycles. The van der Waals surface area contributed by atoms with Gasteiger partial charge in [0.05, 0.1) is 19.8 Å². The summed E-state index contributed by atoms with van der Waals surface area (Å²) in [5.41, 5.74) is -0.207. The van der Waals surface area contributed by atoms with E-state index in [2.05, 4.69) is 29.0 Å². The van der Waals surface area contributed by atoms with Gasteiger partial charge in [-0.15, -0.1) is 0 Å². The number of hydrogen-bond acceptors (Lipinski definition) is 4. The van der Waals surface area contributed by atoms with Crippen molar-refractivity contribution in [2.24, 2.45) is 0 Å². The summed E-state index contributed by atoms with van der Waals surface area (Å²) in [6, 6.07) is -0.319. The molecule has 1 aliphatic rings. The lowest BCUT2D eigenvalue weighted by atomic mass is 10.0. The fraction of sp³-hybridized carbons (Fsp3) is 0.733. The van der Waals surface area contributed by atoms with E-state index in [0.29, 0.717) is 19.8 Å². The lowest BCUT2D eigenvalue weighted by Gasteiger charge is -2.41. The number of hydrogen-bond donors (Lipinski definition) is 1. The molecule has 2 rings (SSSR count). The number of amides is 2. The number of rotatable bonds is 6. The molecule has 2 amide bonds. The number of urea groups is 1. The smallest absolute Gasteiger partial charge is 0.319 e. The van der Waals surface area contributed by atoms with Crippen LogP contribution in [-0.2, 0) is 11.3 Å². The third-order valence-corrected chi connectivity index (χ3v) is 4.22. The number of carbonyl (C=O) groups excluding carboxylic acids is 1. The lowest BCUT2D eigenvalue weighted by molar-refractivity contribution is -0.00902. The number of halogens is 2. The number of morpholine rings is 1. The minimum absolute atomic E-state index is 0.0150. The minimum Gasteiger partial charge on any atom is -0.379 e. The fourth-order valence-electron chi connectivity index (χ4n) is 2.64. The van der Waals surface area contributed by atoms with Crippen molar-refractivity contribution in [1.29, 1.82) is 0 Å². The Labute approximate surface area is 140 Å². The maximum Gasteiger partial charge on any atom is 0.319 e. The number of alkyl halides is 2. The van der Waals surface area contributed by atoms with E-state index >= 15 is 0 Å². The first kappa shape index (κ1) is 18.6. The number of carbonyl (C=O) groups is 1. The summed E-state index contributed by atoms with van der Waals surface area (Å²) in [6.07, 6.45) is 2.50. The van der Waals surface area contributed by atoms with Crippen LogP contribution in [0.2, 0.25) is 0 Å². The Morgan fingerprint density at radius 1 is 1.46 bits per heavy atom. The van der Waals surface area contributed by atoms with Gasteiger partial charge in [0.1, 0.15) is 5.82 Å². The largest absolute Gasteiger partial charge is 0.379 e. The summed E-state index contributed by atoms with van der Waals surface area (Å²) >= 11 is 0. The van der Waals surface area contributed by atoms with Gasteiger partial charge < -0.3 is 15.0 Å². The lowest BCUT2D eigenvalue weighted by Crippen LogP contribution is -2.56. The Bertz CT molecular complexity index is 544. The first-order chi connectivity index (χ1) is 11.3. The molecule has 24 heavy (non-hydrogen) atoms. The van der Waals surface area contributed by atoms with Crippen LogP contribution in [0.15, 0.2) is 12.4 Å². The van der Waals surface area contributed by atoms with E-state index in [-0.39, 0.29) is 23.9 Å². The zero-order valence-electron chi connectivity index (χ0n) is 14.3. The molecule has 2 heterocycles. The Balaban J connectivity index is 1.86. The molecule has 136 valence electrons. The molecule has 9 heteroatoms. The summed E-state index contributed by atoms with van der Waals surface area (Å²) in [5, 5.41) is 2.86. The Morgan fingerprint density at radius 2 is 2.12 bits per heavy atom. The quantitative estimate of drug-likeness (QED) is 0.849. The van der Waals surface area contributed by atoms with Crippen molar-refractivity contribution in [3.63, 3.8) is 0 Å². The zero-order valence-corrected chi connectivity index (χ0v) is 14.3. The molecule has 0 radical (unpaired) electrons. The summed E-state index contributed by atoms with van der Waals surface area (Å²) in [6.45, 7) is 4.94. The fourth-order valence-corrected chi connectivity index (χ4v) is 2.64. The van der Waals surface area contributed by atoms with Gasteiger partial charge in [-0.1, -0.05) is 0 Å². The number of nitrogens with zero attached hydrogens (tertiary/aromatic N) is 4. The van der Waals surface area contributed by atoms with E-state index in [9.17, 15) is 13.6 Å². The van der Waals surface area contributed by atoms with Crippen LogP contribution in [0, 0.1) is 0 Å². The van der Waals surface area contributed by atoms with Gasteiger partial charge in [-0.05, 0) is 13.8 Å². The van der Waals surface area contributed by atoms with Crippen molar-refractivity contribution in [3.8, 4) is 0 Å². The van der Waals surface area contributed by atoms with Crippen molar-refractivity contribution in [2.45, 2.75) is 32.5 Å². The van der Waals surface area contributed by atoms with Crippen LogP contribution in [0.1, 0.15) is 26.2 Å². The zero-order chi connectivity index (χ0) is 17.7. The first-order valence-corrected chi connectivity index (χ1v) is 7.93. The standard InChI is InChI=1S/C15H25F2N5O2/c1-15(2,21-6-8-24-9-7-21)11-19-14(23)20(3)10-12-18-4-5-22(12)13(16)17/h4-5,13H,6-11H2,1-3H3,(H,19,23). The second kappa shape index (κ2) is 7.89. The highest BCUT2D eigenvalue weighted by Gasteiger charge is 2.29. The SMILES string of the molecule is CN(Cc1nccn1C(F)F)C(=O)NCC(C)(C)N1CCOCC1. The monoisotopic (exact) mass is 345 g/mol. The van der Waals surface area contributed by atoms with Gasteiger partial charge >= 0.3 is 12.6 Å². The molecule has 0 aliphatic carbocycles. The highest BCUT2D eigenvalue weighted by molar-refractivity contribution is 5.73. The molecule has 1 aromatic rings. The van der Waals surface area contributed by atoms with Gasteiger partial charge in [0.2, 0.25) is 0 Å². The van der Waals surface area contributed by atoms with Gasteiger partial charge in [-0.2, -0.15) is 8.78 Å². The molecule has 0 spiro atoms. The molecule has 0 aromatic carbocycles. The van der Waals surface area contributed by atoms with Crippen molar-refractivity contribution in [2.75, 3.05) is 39.9 Å². The van der Waals surface area contributed by atoms with Gasteiger partial charge in [-0.25, -0.2) is 9.78 Å². The first-order valence-electron chi connectivity index (χ1n) is 7.93. The van der Waals surface area contributed by atoms with E-state index in [1.165, 1.54) is 17.3 Å². The van der Waals surface area contributed by atoms with Crippen molar-refractivity contribution in [3.05, 3.63) is 18.2 Å². The van der Waals surface area contributed by atoms with Crippen LogP contribution < -0.4 is 5.32 Å². The van der Waals surface area contributed by atoms with Crippen LogP contribution >= 0.6 is 0 Å². The Kier molecular flexibility index (Phi) is 6.11. The molecule has 1 saturated heterocycles. The number of nitrogens with one attached hydrogen (secondary N) is 1. The summed E-state index contributed by atoms with van der Waals surface area (Å²) in [7, 11) is 1.56. The molecule has 0 unspecified atom stereocenters. The number of aromatic nitrogens is 2. The Hall–Kier alpha value is -1.74. The van der Waals surface area contributed by atoms with Crippen LogP contribution in [0.5, 0.6) is 0 Å². The van der Waals surface area contributed by atoms with Crippen molar-refractivity contribution in [1.82, 2.24) is 24.7 Å². The molecule has 1 N–H and O–H groups in total. The van der Waals surface area contributed by atoms with E-state index in [0.717, 1.165) is 17.7 Å². The second-order valence-electron chi connectivity index (χ2n) is 6.46. The van der Waals surface area contributed by atoms with Gasteiger partial charge in [-0.3, -0.25) is 9.47 Å². The third kappa shape index (κ3) is 4.64. The van der Waals surface area contributed by atoms with Crippen LogP contribution in [0.3, 0.4) is 0 Å². The molecular formula is C15H25F2N5O2. The van der Waals surface area contributed by atoms with E-state index in [1.807, 2.05) is 0 Å². The predicted molar refractivity (Wildman–Crippen MR) is 84.8 cm³/mol. The molecule has 1 aliphatic heterocycles. The van der Waals surface area contributed by atoms with Crippen molar-refractivity contribution >= 4 is 6.03 Å². The molecule has 1 fully saturated rings. The van der Waals surface area contributed by atoms with Crippen LogP contribution in [0.4, 0.5) is 13.6 Å². The van der Waals surface area contributed by atoms with E-state index in [4.69, 9.17) is 4.74 Å².